The molecule has 0 saturated carbocycles. The standard InChI is InChI=1S/C14H14N4O2/c1-17-8-10(7-16-17)4-5-18-9-15-12-6-11(14(19)20)2-3-13(12)18/h2-3,6-9H,4-5H2,1H3,(H,19,20). The summed E-state index contributed by atoms with van der Waals surface area (Å²) in [6, 6.07) is 5.00. The Morgan fingerprint density at radius 3 is 2.95 bits per heavy atom. The lowest BCUT2D eigenvalue weighted by molar-refractivity contribution is 0.0697. The first-order chi connectivity index (χ1) is 9.63. The van der Waals surface area contributed by atoms with E-state index in [1.807, 2.05) is 24.0 Å². The SMILES string of the molecule is Cn1cc(CCn2cnc3cc(C(=O)O)ccc32)cn1. The summed E-state index contributed by atoms with van der Waals surface area (Å²) in [6.07, 6.45) is 6.44. The predicted octanol–water partition coefficient (Wildman–Crippen LogP) is 1.71. The summed E-state index contributed by atoms with van der Waals surface area (Å²) in [5.74, 6) is -0.934. The molecule has 3 rings (SSSR count). The third-order valence-corrected chi connectivity index (χ3v) is 3.27. The Labute approximate surface area is 115 Å². The quantitative estimate of drug-likeness (QED) is 0.783. The number of hydrogen-bond acceptors (Lipinski definition) is 3. The zero-order chi connectivity index (χ0) is 14.1. The molecule has 0 aliphatic rings. The van der Waals surface area contributed by atoms with E-state index in [1.165, 1.54) is 0 Å². The van der Waals surface area contributed by atoms with Crippen LogP contribution in [0.15, 0.2) is 36.9 Å². The summed E-state index contributed by atoms with van der Waals surface area (Å²) in [7, 11) is 1.89. The number of aromatic carboxylic acids is 1. The van der Waals surface area contributed by atoms with Crippen molar-refractivity contribution in [3.8, 4) is 0 Å². The maximum Gasteiger partial charge on any atom is 0.335 e. The summed E-state index contributed by atoms with van der Waals surface area (Å²) >= 11 is 0. The molecule has 2 heterocycles. The van der Waals surface area contributed by atoms with Gasteiger partial charge in [-0.1, -0.05) is 0 Å². The minimum absolute atomic E-state index is 0.259. The molecule has 0 aliphatic heterocycles. The van der Waals surface area contributed by atoms with Crippen LogP contribution in [0.4, 0.5) is 0 Å². The van der Waals surface area contributed by atoms with Gasteiger partial charge in [0.25, 0.3) is 0 Å². The van der Waals surface area contributed by atoms with Crippen LogP contribution in [0.5, 0.6) is 0 Å². The van der Waals surface area contributed by atoms with Crippen molar-refractivity contribution in [3.05, 3.63) is 48.0 Å². The molecule has 3 aromatic rings. The smallest absolute Gasteiger partial charge is 0.335 e. The topological polar surface area (TPSA) is 72.9 Å². The zero-order valence-corrected chi connectivity index (χ0v) is 11.0. The molecule has 0 radical (unpaired) electrons. The molecule has 0 fully saturated rings. The van der Waals surface area contributed by atoms with Gasteiger partial charge in [0.2, 0.25) is 0 Å². The highest BCUT2D eigenvalue weighted by Crippen LogP contribution is 2.15. The second-order valence-corrected chi connectivity index (χ2v) is 4.72. The molecule has 0 spiro atoms. The largest absolute Gasteiger partial charge is 0.478 e. The lowest BCUT2D eigenvalue weighted by atomic mass is 10.2. The fourth-order valence-electron chi connectivity index (χ4n) is 2.23. The van der Waals surface area contributed by atoms with Gasteiger partial charge < -0.3 is 9.67 Å². The van der Waals surface area contributed by atoms with Crippen molar-refractivity contribution in [3.63, 3.8) is 0 Å². The Hall–Kier alpha value is -2.63. The Bertz CT molecular complexity index is 772. The van der Waals surface area contributed by atoms with E-state index < -0.39 is 5.97 Å². The van der Waals surface area contributed by atoms with Gasteiger partial charge in [-0.2, -0.15) is 5.10 Å². The lowest BCUT2D eigenvalue weighted by Gasteiger charge is -2.03. The van der Waals surface area contributed by atoms with Crippen LogP contribution < -0.4 is 0 Å². The molecule has 20 heavy (non-hydrogen) atoms. The second kappa shape index (κ2) is 4.80. The molecular formula is C14H14N4O2. The summed E-state index contributed by atoms with van der Waals surface area (Å²) in [4.78, 5) is 15.2. The first-order valence-corrected chi connectivity index (χ1v) is 6.29. The highest BCUT2D eigenvalue weighted by Gasteiger charge is 2.08. The van der Waals surface area contributed by atoms with Crippen LogP contribution in [-0.2, 0) is 20.0 Å². The van der Waals surface area contributed by atoms with Crippen LogP contribution in [0.2, 0.25) is 0 Å². The molecule has 6 nitrogen and oxygen atoms in total. The average Bonchev–Trinajstić information content (AvgIpc) is 3.02. The second-order valence-electron chi connectivity index (χ2n) is 4.72. The van der Waals surface area contributed by atoms with E-state index in [0.29, 0.717) is 5.52 Å². The van der Waals surface area contributed by atoms with E-state index >= 15 is 0 Å². The summed E-state index contributed by atoms with van der Waals surface area (Å²) in [6.45, 7) is 0.786. The van der Waals surface area contributed by atoms with Crippen LogP contribution in [0.25, 0.3) is 11.0 Å². The Morgan fingerprint density at radius 1 is 1.40 bits per heavy atom. The number of aromatic nitrogens is 4. The van der Waals surface area contributed by atoms with E-state index in [4.69, 9.17) is 5.11 Å². The van der Waals surface area contributed by atoms with Gasteiger partial charge in [0.15, 0.2) is 0 Å². The minimum Gasteiger partial charge on any atom is -0.478 e. The Balaban J connectivity index is 1.83. The van der Waals surface area contributed by atoms with E-state index in [-0.39, 0.29) is 5.56 Å². The van der Waals surface area contributed by atoms with Gasteiger partial charge in [-0.25, -0.2) is 9.78 Å². The van der Waals surface area contributed by atoms with Crippen LogP contribution in [-0.4, -0.2) is 30.4 Å². The number of carboxylic acids is 1. The Morgan fingerprint density at radius 2 is 2.25 bits per heavy atom. The number of benzene rings is 1. The first kappa shape index (κ1) is 12.4. The average molecular weight is 270 g/mol. The van der Waals surface area contributed by atoms with Gasteiger partial charge in [0.1, 0.15) is 0 Å². The molecule has 2 aromatic heterocycles. The van der Waals surface area contributed by atoms with Crippen molar-refractivity contribution >= 4 is 17.0 Å². The van der Waals surface area contributed by atoms with Crippen LogP contribution in [0.1, 0.15) is 15.9 Å². The minimum atomic E-state index is -0.934. The summed E-state index contributed by atoms with van der Waals surface area (Å²) < 4.78 is 3.80. The molecule has 0 amide bonds. The van der Waals surface area contributed by atoms with Crippen molar-refractivity contribution < 1.29 is 9.90 Å². The third kappa shape index (κ3) is 2.27. The number of nitrogens with zero attached hydrogens (tertiary/aromatic N) is 4. The number of carboxylic acid groups (broad SMARTS) is 1. The van der Waals surface area contributed by atoms with Gasteiger partial charge >= 0.3 is 5.97 Å². The molecule has 0 atom stereocenters. The molecule has 0 bridgehead atoms. The monoisotopic (exact) mass is 270 g/mol. The first-order valence-electron chi connectivity index (χ1n) is 6.29. The number of fused-ring (bicyclic) bond motifs is 1. The van der Waals surface area contributed by atoms with Crippen molar-refractivity contribution in [2.45, 2.75) is 13.0 Å². The fraction of sp³-hybridized carbons (Fsp3) is 0.214. The number of hydrogen-bond donors (Lipinski definition) is 1. The molecule has 102 valence electrons. The molecular weight excluding hydrogens is 256 g/mol. The number of rotatable bonds is 4. The highest BCUT2D eigenvalue weighted by molar-refractivity contribution is 5.92. The van der Waals surface area contributed by atoms with Crippen molar-refractivity contribution in [1.82, 2.24) is 19.3 Å². The van der Waals surface area contributed by atoms with Crippen LogP contribution in [0.3, 0.4) is 0 Å². The van der Waals surface area contributed by atoms with E-state index in [0.717, 1.165) is 24.0 Å². The molecule has 0 unspecified atom stereocenters. The van der Waals surface area contributed by atoms with Crippen molar-refractivity contribution in [1.29, 1.82) is 0 Å². The number of aryl methyl sites for hydroxylation is 3. The predicted molar refractivity (Wildman–Crippen MR) is 73.6 cm³/mol. The van der Waals surface area contributed by atoms with Crippen LogP contribution in [0, 0.1) is 0 Å². The van der Waals surface area contributed by atoms with Crippen molar-refractivity contribution in [2.24, 2.45) is 7.05 Å². The third-order valence-electron chi connectivity index (χ3n) is 3.27. The maximum atomic E-state index is 10.9. The van der Waals surface area contributed by atoms with Crippen molar-refractivity contribution in [2.75, 3.05) is 0 Å². The fourth-order valence-corrected chi connectivity index (χ4v) is 2.23. The van der Waals surface area contributed by atoms with E-state index in [1.54, 1.807) is 29.2 Å². The van der Waals surface area contributed by atoms with Gasteiger partial charge in [0.05, 0.1) is 29.1 Å². The summed E-state index contributed by atoms with van der Waals surface area (Å²) in [5, 5.41) is 13.1. The molecule has 6 heteroatoms. The zero-order valence-electron chi connectivity index (χ0n) is 11.0. The van der Waals surface area contributed by atoms with Gasteiger partial charge in [-0.05, 0) is 30.2 Å². The molecule has 0 aliphatic carbocycles. The van der Waals surface area contributed by atoms with Gasteiger partial charge in [0, 0.05) is 19.8 Å². The summed E-state index contributed by atoms with van der Waals surface area (Å²) in [5.41, 5.74) is 3.07. The normalized spacial score (nSPS) is 11.1. The molecule has 1 aromatic carbocycles. The van der Waals surface area contributed by atoms with E-state index in [2.05, 4.69) is 10.1 Å². The van der Waals surface area contributed by atoms with Gasteiger partial charge in [-0.3, -0.25) is 4.68 Å². The van der Waals surface area contributed by atoms with Gasteiger partial charge in [-0.15, -0.1) is 0 Å². The lowest BCUT2D eigenvalue weighted by Crippen LogP contribution is -2.00. The molecule has 1 N–H and O–H groups in total. The maximum absolute atomic E-state index is 10.9. The van der Waals surface area contributed by atoms with E-state index in [9.17, 15) is 4.79 Å². The number of carbonyl (C=O) groups is 1. The molecule has 0 saturated heterocycles. The Kier molecular flexibility index (Phi) is 2.98. The highest BCUT2D eigenvalue weighted by atomic mass is 16.4. The number of imidazole rings is 1. The van der Waals surface area contributed by atoms with Crippen LogP contribution >= 0.6 is 0 Å².